The third-order valence-electron chi connectivity index (χ3n) is 5.77. The van der Waals surface area contributed by atoms with Crippen molar-refractivity contribution in [1.29, 1.82) is 0 Å². The summed E-state index contributed by atoms with van der Waals surface area (Å²) in [5.74, 6) is -1.39. The third-order valence-corrected chi connectivity index (χ3v) is 6.57. The molecule has 35 heavy (non-hydrogen) atoms. The number of aliphatic hydroxyl groups is 1. The minimum atomic E-state index is -1.03. The minimum absolute atomic E-state index is 0.00505. The normalized spacial score (nSPS) is 16.5. The number of nitrogens with zero attached hydrogens (tertiary/aromatic N) is 2. The maximum atomic E-state index is 15.8. The van der Waals surface area contributed by atoms with E-state index in [1.165, 1.54) is 0 Å². The van der Waals surface area contributed by atoms with Crippen LogP contribution in [0.15, 0.2) is 35.1 Å². The van der Waals surface area contributed by atoms with Gasteiger partial charge in [0, 0.05) is 11.1 Å². The van der Waals surface area contributed by atoms with Gasteiger partial charge in [0.25, 0.3) is 5.91 Å². The number of aromatic nitrogens is 2. The molecular weight excluding hydrogens is 543 g/mol. The lowest BCUT2D eigenvalue weighted by molar-refractivity contribution is -0.0956. The van der Waals surface area contributed by atoms with Crippen LogP contribution in [0.25, 0.3) is 11.0 Å². The summed E-state index contributed by atoms with van der Waals surface area (Å²) in [5, 5.41) is 12.7. The first kappa shape index (κ1) is 25.8. The predicted molar refractivity (Wildman–Crippen MR) is 135 cm³/mol. The number of hydrogen-bond acceptors (Lipinski definition) is 6. The van der Waals surface area contributed by atoms with E-state index in [2.05, 4.69) is 31.7 Å². The van der Waals surface area contributed by atoms with E-state index in [9.17, 15) is 9.90 Å². The molecule has 0 saturated carbocycles. The first-order valence-electron chi connectivity index (χ1n) is 11.3. The fraction of sp³-hybridized carbons (Fsp3) is 0.417. The number of benzene rings is 2. The van der Waals surface area contributed by atoms with E-state index in [0.29, 0.717) is 29.4 Å². The monoisotopic (exact) mass is 568 g/mol. The van der Waals surface area contributed by atoms with E-state index in [-0.39, 0.29) is 29.5 Å². The van der Waals surface area contributed by atoms with E-state index in [1.807, 2.05) is 0 Å². The zero-order valence-corrected chi connectivity index (χ0v) is 21.7. The van der Waals surface area contributed by atoms with Crippen LogP contribution in [0.5, 0.6) is 0 Å². The average Bonchev–Trinajstić information content (AvgIpc) is 3.24. The number of nitrogens with one attached hydrogen (secondary N) is 2. The van der Waals surface area contributed by atoms with Crippen molar-refractivity contribution < 1.29 is 23.9 Å². The Hall–Kier alpha value is -2.24. The summed E-state index contributed by atoms with van der Waals surface area (Å²) in [6, 6.07) is 6.64. The van der Waals surface area contributed by atoms with Crippen molar-refractivity contribution in [3.05, 3.63) is 51.5 Å². The van der Waals surface area contributed by atoms with Crippen molar-refractivity contribution in [3.63, 3.8) is 0 Å². The molecule has 3 N–H and O–H groups in total. The van der Waals surface area contributed by atoms with Gasteiger partial charge in [0.15, 0.2) is 5.82 Å². The van der Waals surface area contributed by atoms with Gasteiger partial charge in [-0.05, 0) is 57.4 Å². The van der Waals surface area contributed by atoms with Gasteiger partial charge < -0.3 is 19.7 Å². The minimum Gasteiger partial charge on any atom is -0.393 e. The number of amides is 1. The Labute approximate surface area is 215 Å². The van der Waals surface area contributed by atoms with Crippen molar-refractivity contribution >= 4 is 55.8 Å². The first-order chi connectivity index (χ1) is 16.7. The zero-order valence-electron chi connectivity index (χ0n) is 19.4. The number of fused-ring (bicyclic) bond motifs is 1. The summed E-state index contributed by atoms with van der Waals surface area (Å²) in [6.07, 6.45) is 4.54. The molecule has 4 rings (SSSR count). The average molecular weight is 570 g/mol. The lowest BCUT2D eigenvalue weighted by atomic mass is 10.1. The van der Waals surface area contributed by atoms with E-state index < -0.39 is 17.3 Å². The second-order valence-corrected chi connectivity index (χ2v) is 10.4. The molecule has 2 aromatic carbocycles. The molecule has 0 radical (unpaired) electrons. The van der Waals surface area contributed by atoms with E-state index in [1.54, 1.807) is 49.0 Å². The van der Waals surface area contributed by atoms with Gasteiger partial charge in [-0.25, -0.2) is 14.9 Å². The Morgan fingerprint density at radius 2 is 2.20 bits per heavy atom. The molecule has 1 fully saturated rings. The Bertz CT molecular complexity index is 1230. The van der Waals surface area contributed by atoms with Gasteiger partial charge in [0.05, 0.1) is 53.1 Å². The van der Waals surface area contributed by atoms with Gasteiger partial charge in [0.1, 0.15) is 11.1 Å². The fourth-order valence-corrected chi connectivity index (χ4v) is 4.49. The van der Waals surface area contributed by atoms with Crippen molar-refractivity contribution in [2.45, 2.75) is 51.4 Å². The highest BCUT2D eigenvalue weighted by Gasteiger charge is 2.26. The molecule has 188 valence electrons. The Balaban J connectivity index is 1.75. The second kappa shape index (κ2) is 10.8. The number of rotatable bonds is 8. The number of ether oxygens (including phenoxy) is 1. The molecule has 1 aliphatic rings. The number of hydroxylamine groups is 1. The highest BCUT2D eigenvalue weighted by atomic mass is 79.9. The highest BCUT2D eigenvalue weighted by molar-refractivity contribution is 9.10. The largest absolute Gasteiger partial charge is 0.393 e. The molecule has 3 aromatic rings. The van der Waals surface area contributed by atoms with Crippen LogP contribution in [0.3, 0.4) is 0 Å². The van der Waals surface area contributed by atoms with Crippen molar-refractivity contribution in [1.82, 2.24) is 15.0 Å². The molecule has 1 amide bonds. The smallest absolute Gasteiger partial charge is 0.277 e. The molecule has 1 saturated heterocycles. The van der Waals surface area contributed by atoms with Crippen LogP contribution in [-0.2, 0) is 16.1 Å². The van der Waals surface area contributed by atoms with Crippen LogP contribution in [0.1, 0.15) is 43.5 Å². The molecule has 0 spiro atoms. The number of carbonyl (C=O) groups is 1. The van der Waals surface area contributed by atoms with Crippen LogP contribution >= 0.6 is 27.5 Å². The molecule has 1 aliphatic heterocycles. The second-order valence-electron chi connectivity index (χ2n) is 9.07. The first-order valence-corrected chi connectivity index (χ1v) is 12.5. The van der Waals surface area contributed by atoms with E-state index in [4.69, 9.17) is 21.2 Å². The zero-order chi connectivity index (χ0) is 25.2. The Morgan fingerprint density at radius 3 is 2.89 bits per heavy atom. The SMILES string of the molecule is CC(C)(CO)ONC(=O)c1cc2c(ncn2CC2CCCCO2)c(F)c1Nc1ccc(Br)cc1Cl. The van der Waals surface area contributed by atoms with Crippen molar-refractivity contribution in [3.8, 4) is 0 Å². The summed E-state index contributed by atoms with van der Waals surface area (Å²) >= 11 is 9.68. The molecule has 0 aliphatic carbocycles. The van der Waals surface area contributed by atoms with Crippen LogP contribution in [-0.4, -0.2) is 45.5 Å². The van der Waals surface area contributed by atoms with Gasteiger partial charge in [0.2, 0.25) is 0 Å². The van der Waals surface area contributed by atoms with Gasteiger partial charge in [-0.15, -0.1) is 0 Å². The maximum absolute atomic E-state index is 15.8. The van der Waals surface area contributed by atoms with Crippen LogP contribution < -0.4 is 10.8 Å². The summed E-state index contributed by atoms with van der Waals surface area (Å²) in [5.41, 5.74) is 2.18. The summed E-state index contributed by atoms with van der Waals surface area (Å²) in [4.78, 5) is 22.8. The van der Waals surface area contributed by atoms with E-state index in [0.717, 1.165) is 23.7 Å². The molecule has 2 heterocycles. The molecule has 1 unspecified atom stereocenters. The van der Waals surface area contributed by atoms with Crippen LogP contribution in [0.2, 0.25) is 5.02 Å². The number of carbonyl (C=O) groups excluding carboxylic acids is 1. The fourth-order valence-electron chi connectivity index (χ4n) is 3.77. The van der Waals surface area contributed by atoms with Gasteiger partial charge >= 0.3 is 0 Å². The Kier molecular flexibility index (Phi) is 7.97. The number of halogens is 3. The molecule has 11 heteroatoms. The van der Waals surface area contributed by atoms with Crippen molar-refractivity contribution in [2.75, 3.05) is 18.5 Å². The van der Waals surface area contributed by atoms with Gasteiger partial charge in [-0.2, -0.15) is 0 Å². The summed E-state index contributed by atoms with van der Waals surface area (Å²) in [6.45, 7) is 4.08. The van der Waals surface area contributed by atoms with Gasteiger partial charge in [-0.1, -0.05) is 27.5 Å². The highest BCUT2D eigenvalue weighted by Crippen LogP contribution is 2.34. The van der Waals surface area contributed by atoms with Crippen molar-refractivity contribution in [2.24, 2.45) is 0 Å². The molecular formula is C24H27BrClFN4O4. The molecule has 1 aromatic heterocycles. The lowest BCUT2D eigenvalue weighted by Crippen LogP contribution is -2.38. The van der Waals surface area contributed by atoms with Crippen LogP contribution in [0.4, 0.5) is 15.8 Å². The molecule has 0 bridgehead atoms. The van der Waals surface area contributed by atoms with E-state index >= 15 is 4.39 Å². The number of aliphatic hydroxyl groups excluding tert-OH is 1. The summed E-state index contributed by atoms with van der Waals surface area (Å²) < 4.78 is 24.2. The number of anilines is 2. The quantitative estimate of drug-likeness (QED) is 0.317. The lowest BCUT2D eigenvalue weighted by Gasteiger charge is -2.23. The summed E-state index contributed by atoms with van der Waals surface area (Å²) in [7, 11) is 0. The predicted octanol–water partition coefficient (Wildman–Crippen LogP) is 5.34. The maximum Gasteiger partial charge on any atom is 0.277 e. The molecule has 1 atom stereocenters. The molecule has 8 nitrogen and oxygen atoms in total. The third kappa shape index (κ3) is 5.95. The standard InChI is InChI=1S/C24H27BrClFN4O4/c1-24(2,12-32)35-30-23(33)16-10-19-22(28-13-31(19)11-15-5-3-4-8-34-15)20(27)21(16)29-18-7-6-14(25)9-17(18)26/h6-7,9-10,13,15,29,32H,3-5,8,11-12H2,1-2H3,(H,30,33). The topological polar surface area (TPSA) is 97.6 Å². The number of imidazole rings is 1. The van der Waals surface area contributed by atoms with Crippen LogP contribution in [0, 0.1) is 5.82 Å². The Morgan fingerprint density at radius 1 is 1.40 bits per heavy atom. The van der Waals surface area contributed by atoms with Gasteiger partial charge in [-0.3, -0.25) is 9.63 Å². The number of hydrogen-bond donors (Lipinski definition) is 3.